The number of anilines is 5. The Balaban J connectivity index is 1.14. The molecular formula is C65H49BN2. The third-order valence-electron chi connectivity index (χ3n) is 15.3. The molecule has 0 radical (unpaired) electrons. The number of para-hydroxylation sites is 4. The van der Waals surface area contributed by atoms with E-state index in [2.05, 4.69) is 262 Å². The van der Waals surface area contributed by atoms with Crippen molar-refractivity contribution in [2.75, 3.05) is 10.2 Å². The number of fused-ring (bicyclic) bond motifs is 6. The summed E-state index contributed by atoms with van der Waals surface area (Å²) in [5.74, 6) is 0. The normalized spacial score (nSPS) is 14.2. The first-order chi connectivity index (χ1) is 33.5. The first kappa shape index (κ1) is 40.2. The van der Waals surface area contributed by atoms with Crippen LogP contribution in [0.5, 0.6) is 0 Å². The zero-order chi connectivity index (χ0) is 45.6. The van der Waals surface area contributed by atoms with Crippen molar-refractivity contribution in [1.29, 1.82) is 0 Å². The number of aryl methyl sites for hydroxylation is 3. The minimum atomic E-state index is -0.580. The summed E-state index contributed by atoms with van der Waals surface area (Å²) >= 11 is 0. The van der Waals surface area contributed by atoms with Crippen LogP contribution in [0.3, 0.4) is 0 Å². The average molecular weight is 869 g/mol. The van der Waals surface area contributed by atoms with Crippen molar-refractivity contribution >= 4 is 46.6 Å². The first-order valence-corrected chi connectivity index (χ1v) is 24.0. The van der Waals surface area contributed by atoms with E-state index < -0.39 is 10.8 Å². The molecule has 3 heterocycles. The maximum Gasteiger partial charge on any atom is 0.198 e. The lowest BCUT2D eigenvalue weighted by Gasteiger charge is -2.49. The van der Waals surface area contributed by atoms with Gasteiger partial charge in [0.25, 0.3) is 0 Å². The summed E-state index contributed by atoms with van der Waals surface area (Å²) in [6.07, 6.45) is 0. The molecule has 0 aliphatic carbocycles. The molecule has 10 aromatic carbocycles. The number of benzene rings is 10. The number of hydrogen-bond donors (Lipinski definition) is 1. The van der Waals surface area contributed by atoms with E-state index in [9.17, 15) is 0 Å². The van der Waals surface area contributed by atoms with E-state index in [1.165, 1.54) is 111 Å². The highest BCUT2D eigenvalue weighted by Gasteiger charge is 2.49. The monoisotopic (exact) mass is 868 g/mol. The zero-order valence-corrected chi connectivity index (χ0v) is 38.6. The second-order valence-electron chi connectivity index (χ2n) is 19.0. The molecule has 322 valence electrons. The SMILES string of the molecule is Cc1cc(C)c(-c2cc(-c3cccc4c3Nc3ccccc3C4(c3ccccc3)c3ccccc3)c3c(c2)N2c4ccccc4C(c4ccccc4)(c4ccccc4)c4cccc(c42)B3)c(C)c1. The van der Waals surface area contributed by atoms with E-state index >= 15 is 0 Å². The molecule has 68 heavy (non-hydrogen) atoms. The van der Waals surface area contributed by atoms with Crippen LogP contribution in [-0.2, 0) is 10.8 Å². The molecule has 0 bridgehead atoms. The van der Waals surface area contributed by atoms with E-state index in [-0.39, 0.29) is 0 Å². The van der Waals surface area contributed by atoms with Gasteiger partial charge in [0, 0.05) is 22.6 Å². The van der Waals surface area contributed by atoms with Crippen molar-refractivity contribution in [2.24, 2.45) is 0 Å². The van der Waals surface area contributed by atoms with E-state index in [0.717, 1.165) is 18.7 Å². The third kappa shape index (κ3) is 5.66. The molecular weight excluding hydrogens is 820 g/mol. The van der Waals surface area contributed by atoms with Crippen molar-refractivity contribution < 1.29 is 0 Å². The van der Waals surface area contributed by atoms with Gasteiger partial charge in [-0.1, -0.05) is 217 Å². The molecule has 10 aromatic rings. The number of rotatable bonds is 6. The van der Waals surface area contributed by atoms with Gasteiger partial charge in [-0.15, -0.1) is 0 Å². The Morgan fingerprint density at radius 3 is 1.53 bits per heavy atom. The lowest BCUT2D eigenvalue weighted by Crippen LogP contribution is -2.47. The second kappa shape index (κ2) is 15.5. The highest BCUT2D eigenvalue weighted by atomic mass is 15.2. The van der Waals surface area contributed by atoms with Gasteiger partial charge in [0.05, 0.1) is 22.2 Å². The van der Waals surface area contributed by atoms with Crippen LogP contribution >= 0.6 is 0 Å². The molecule has 3 aliphatic rings. The molecule has 13 rings (SSSR count). The topological polar surface area (TPSA) is 15.3 Å². The highest BCUT2D eigenvalue weighted by molar-refractivity contribution is 6.73. The molecule has 3 heteroatoms. The summed E-state index contributed by atoms with van der Waals surface area (Å²) in [6, 6.07) is 86.5. The van der Waals surface area contributed by atoms with Crippen LogP contribution in [0.2, 0.25) is 0 Å². The summed E-state index contributed by atoms with van der Waals surface area (Å²) in [7, 11) is 0.779. The molecule has 0 saturated heterocycles. The summed E-state index contributed by atoms with van der Waals surface area (Å²) < 4.78 is 0. The Morgan fingerprint density at radius 2 is 0.912 bits per heavy atom. The zero-order valence-electron chi connectivity index (χ0n) is 38.6. The standard InChI is InChI=1S/C65H49BN2/c1-42-38-43(2)60(44(3)39-42)45-40-51(50-30-20-33-54-62(50)67-57-36-18-16-31-52(57)64(54,46-22-8-4-9-23-46)47-24-10-5-11-25-47)61-59(41-45)68-58-37-19-17-32-53(58)65(48-26-12-6-13-27-48,49-28-14-7-15-29-49)55-34-21-35-56(66-61)63(55)68/h4-41,66-67H,1-3H3. The number of hydrogen-bond acceptors (Lipinski definition) is 2. The molecule has 3 aliphatic heterocycles. The van der Waals surface area contributed by atoms with Crippen LogP contribution in [0.4, 0.5) is 28.4 Å². The largest absolute Gasteiger partial charge is 0.354 e. The lowest BCUT2D eigenvalue weighted by molar-refractivity contribution is 0.732. The number of nitrogens with zero attached hydrogens (tertiary/aromatic N) is 1. The fourth-order valence-corrected chi connectivity index (χ4v) is 12.8. The minimum absolute atomic E-state index is 0.545. The Kier molecular flexibility index (Phi) is 9.14. The van der Waals surface area contributed by atoms with Crippen molar-refractivity contribution in [3.8, 4) is 22.3 Å². The molecule has 0 amide bonds. The predicted octanol–water partition coefficient (Wildman–Crippen LogP) is 14.3. The van der Waals surface area contributed by atoms with Gasteiger partial charge in [0.15, 0.2) is 7.28 Å². The molecule has 0 unspecified atom stereocenters. The van der Waals surface area contributed by atoms with Crippen LogP contribution in [0.1, 0.15) is 61.2 Å². The molecule has 0 atom stereocenters. The van der Waals surface area contributed by atoms with Gasteiger partial charge in [-0.2, -0.15) is 0 Å². The van der Waals surface area contributed by atoms with Gasteiger partial charge in [0.2, 0.25) is 0 Å². The Hall–Kier alpha value is -8.14. The summed E-state index contributed by atoms with van der Waals surface area (Å²) in [6.45, 7) is 6.77. The molecule has 0 fully saturated rings. The second-order valence-corrected chi connectivity index (χ2v) is 19.0. The maximum absolute atomic E-state index is 4.11. The van der Waals surface area contributed by atoms with Crippen molar-refractivity contribution in [1.82, 2.24) is 0 Å². The van der Waals surface area contributed by atoms with Crippen LogP contribution in [-0.4, -0.2) is 7.28 Å². The van der Waals surface area contributed by atoms with E-state index in [0.29, 0.717) is 0 Å². The molecule has 0 spiro atoms. The molecule has 1 N–H and O–H groups in total. The predicted molar refractivity (Wildman–Crippen MR) is 286 cm³/mol. The Labute approximate surface area is 400 Å². The quantitative estimate of drug-likeness (QED) is 0.168. The van der Waals surface area contributed by atoms with Gasteiger partial charge in [-0.3, -0.25) is 0 Å². The summed E-state index contributed by atoms with van der Waals surface area (Å²) in [5, 5.41) is 4.11. The molecule has 0 aromatic heterocycles. The lowest BCUT2D eigenvalue weighted by atomic mass is 9.54. The van der Waals surface area contributed by atoms with Crippen molar-refractivity contribution in [3.05, 3.63) is 292 Å². The van der Waals surface area contributed by atoms with Crippen LogP contribution in [0.25, 0.3) is 22.3 Å². The van der Waals surface area contributed by atoms with Gasteiger partial charge in [-0.05, 0) is 123 Å². The van der Waals surface area contributed by atoms with Crippen LogP contribution in [0.15, 0.2) is 231 Å². The van der Waals surface area contributed by atoms with Crippen molar-refractivity contribution in [2.45, 2.75) is 31.6 Å². The molecule has 0 saturated carbocycles. The van der Waals surface area contributed by atoms with E-state index in [1.54, 1.807) is 0 Å². The highest BCUT2D eigenvalue weighted by Crippen LogP contribution is 2.59. The average Bonchev–Trinajstić information content (AvgIpc) is 3.38. The summed E-state index contributed by atoms with van der Waals surface area (Å²) in [5.41, 5.74) is 26.4. The fraction of sp³-hybridized carbons (Fsp3) is 0.0769. The van der Waals surface area contributed by atoms with Crippen LogP contribution < -0.4 is 21.1 Å². The van der Waals surface area contributed by atoms with Crippen LogP contribution in [0, 0.1) is 20.8 Å². The van der Waals surface area contributed by atoms with Gasteiger partial charge in [-0.25, -0.2) is 0 Å². The molecule has 2 nitrogen and oxygen atoms in total. The first-order valence-electron chi connectivity index (χ1n) is 24.0. The minimum Gasteiger partial charge on any atom is -0.354 e. The number of nitrogens with one attached hydrogen (secondary N) is 1. The van der Waals surface area contributed by atoms with Gasteiger partial charge in [0.1, 0.15) is 0 Å². The summed E-state index contributed by atoms with van der Waals surface area (Å²) in [4.78, 5) is 2.63. The fourth-order valence-electron chi connectivity index (χ4n) is 12.8. The van der Waals surface area contributed by atoms with Crippen molar-refractivity contribution in [3.63, 3.8) is 0 Å². The Bertz CT molecular complexity index is 3500. The maximum atomic E-state index is 4.11. The van der Waals surface area contributed by atoms with Gasteiger partial charge < -0.3 is 10.2 Å². The van der Waals surface area contributed by atoms with E-state index in [4.69, 9.17) is 0 Å². The van der Waals surface area contributed by atoms with E-state index in [1.807, 2.05) is 0 Å². The smallest absolute Gasteiger partial charge is 0.198 e. The van der Waals surface area contributed by atoms with Gasteiger partial charge >= 0.3 is 0 Å². The Morgan fingerprint density at radius 1 is 0.412 bits per heavy atom. The third-order valence-corrected chi connectivity index (χ3v) is 15.3.